The number of H-pyrrole nitrogens is 1. The molecule has 2 amide bonds. The molecule has 0 aliphatic carbocycles. The monoisotopic (exact) mass is 410 g/mol. The molecule has 4 N–H and O–H groups in total. The summed E-state index contributed by atoms with van der Waals surface area (Å²) in [7, 11) is 0. The zero-order valence-electron chi connectivity index (χ0n) is 14.8. The van der Waals surface area contributed by atoms with Gasteiger partial charge in [0.05, 0.1) is 29.2 Å². The molecule has 1 unspecified atom stereocenters. The number of Topliss-reactive ketones (excluding diaryl/α,β-unsaturated/α-hetero) is 1. The zero-order valence-corrected chi connectivity index (χ0v) is 15.6. The predicted molar refractivity (Wildman–Crippen MR) is 103 cm³/mol. The minimum atomic E-state index is -1.17. The zero-order chi connectivity index (χ0) is 20.4. The van der Waals surface area contributed by atoms with Crippen molar-refractivity contribution in [3.63, 3.8) is 0 Å². The number of primary amides is 1. The van der Waals surface area contributed by atoms with Crippen molar-refractivity contribution < 1.29 is 18.8 Å². The number of pyridine rings is 1. The molecule has 0 bridgehead atoms. The number of fused-ring (bicyclic) bond motifs is 1. The van der Waals surface area contributed by atoms with Gasteiger partial charge >= 0.3 is 0 Å². The van der Waals surface area contributed by atoms with Crippen molar-refractivity contribution in [3.05, 3.63) is 54.4 Å². The van der Waals surface area contributed by atoms with Gasteiger partial charge in [-0.2, -0.15) is 8.75 Å². The first-order chi connectivity index (χ1) is 14.0. The Morgan fingerprint density at radius 1 is 1.24 bits per heavy atom. The molecule has 29 heavy (non-hydrogen) atoms. The Balaban J connectivity index is 1.61. The van der Waals surface area contributed by atoms with Crippen molar-refractivity contribution in [1.29, 1.82) is 0 Å². The fraction of sp³-hybridized carbons (Fsp3) is 0.111. The van der Waals surface area contributed by atoms with Crippen LogP contribution in [0, 0.1) is 0 Å². The second-order valence-corrected chi connectivity index (χ2v) is 6.68. The summed E-state index contributed by atoms with van der Waals surface area (Å²) in [5.41, 5.74) is 7.36. The number of amides is 2. The molecule has 146 valence electrons. The van der Waals surface area contributed by atoms with Crippen molar-refractivity contribution in [1.82, 2.24) is 24.0 Å². The van der Waals surface area contributed by atoms with E-state index in [1.165, 1.54) is 12.5 Å². The van der Waals surface area contributed by atoms with E-state index in [-0.39, 0.29) is 17.8 Å². The van der Waals surface area contributed by atoms with Crippen LogP contribution < -0.4 is 11.1 Å². The summed E-state index contributed by atoms with van der Waals surface area (Å²) in [6, 6.07) is 4.00. The number of hydrogen-bond acceptors (Lipinski definition) is 8. The molecular weight excluding hydrogens is 396 g/mol. The van der Waals surface area contributed by atoms with Gasteiger partial charge in [-0.1, -0.05) is 6.07 Å². The molecule has 0 spiro atoms. The number of aromatic nitrogens is 4. The van der Waals surface area contributed by atoms with Gasteiger partial charge < -0.3 is 20.5 Å². The third-order valence-corrected chi connectivity index (χ3v) is 4.84. The lowest BCUT2D eigenvalue weighted by atomic mass is 10.0. The van der Waals surface area contributed by atoms with Crippen LogP contribution in [-0.2, 0) is 16.0 Å². The Kier molecular flexibility index (Phi) is 4.87. The van der Waals surface area contributed by atoms with E-state index in [9.17, 15) is 14.4 Å². The van der Waals surface area contributed by atoms with Crippen molar-refractivity contribution in [2.75, 3.05) is 0 Å². The maximum atomic E-state index is 12.8. The van der Waals surface area contributed by atoms with Crippen LogP contribution in [0.2, 0.25) is 0 Å². The van der Waals surface area contributed by atoms with Gasteiger partial charge in [-0.25, -0.2) is 0 Å². The third kappa shape index (κ3) is 3.62. The van der Waals surface area contributed by atoms with Gasteiger partial charge in [0.2, 0.25) is 5.78 Å². The second kappa shape index (κ2) is 7.64. The number of ketones is 1. The molecule has 0 aliphatic rings. The molecule has 4 rings (SSSR count). The smallest absolute Gasteiger partial charge is 0.287 e. The molecule has 11 heteroatoms. The Morgan fingerprint density at radius 2 is 2.10 bits per heavy atom. The maximum Gasteiger partial charge on any atom is 0.287 e. The molecule has 0 saturated heterocycles. The topological polar surface area (TPSA) is 157 Å². The number of hydrogen-bond donors (Lipinski definition) is 3. The van der Waals surface area contributed by atoms with Crippen molar-refractivity contribution in [2.24, 2.45) is 5.73 Å². The van der Waals surface area contributed by atoms with Crippen LogP contribution in [0.4, 0.5) is 0 Å². The fourth-order valence-corrected chi connectivity index (χ4v) is 3.46. The summed E-state index contributed by atoms with van der Waals surface area (Å²) in [6.07, 6.45) is 6.32. The van der Waals surface area contributed by atoms with Crippen LogP contribution in [0.5, 0.6) is 0 Å². The summed E-state index contributed by atoms with van der Waals surface area (Å²) in [4.78, 5) is 43.8. The summed E-state index contributed by atoms with van der Waals surface area (Å²) >= 11 is 0.845. The minimum Gasteiger partial charge on any atom is -0.470 e. The molecule has 0 aliphatic heterocycles. The quantitative estimate of drug-likeness (QED) is 0.385. The largest absolute Gasteiger partial charge is 0.470 e. The van der Waals surface area contributed by atoms with Gasteiger partial charge in [-0.15, -0.1) is 0 Å². The van der Waals surface area contributed by atoms with Crippen molar-refractivity contribution in [2.45, 2.75) is 12.5 Å². The van der Waals surface area contributed by atoms with Crippen molar-refractivity contribution in [3.8, 4) is 11.4 Å². The molecule has 0 fully saturated rings. The van der Waals surface area contributed by atoms with E-state index >= 15 is 0 Å². The Labute approximate surface area is 167 Å². The number of furan rings is 1. The van der Waals surface area contributed by atoms with Gasteiger partial charge in [0.15, 0.2) is 5.69 Å². The number of carbonyl (C=O) groups is 3. The van der Waals surface area contributed by atoms with E-state index in [0.29, 0.717) is 11.3 Å². The molecular formula is C18H14N6O4S. The lowest BCUT2D eigenvalue weighted by Gasteiger charge is -2.15. The molecule has 0 aromatic carbocycles. The van der Waals surface area contributed by atoms with Crippen LogP contribution in [0.25, 0.3) is 22.3 Å². The normalized spacial score (nSPS) is 12.0. The number of nitrogens with two attached hydrogens (primary N) is 1. The highest BCUT2D eigenvalue weighted by Gasteiger charge is 2.29. The first-order valence-corrected chi connectivity index (χ1v) is 9.18. The van der Waals surface area contributed by atoms with Crippen LogP contribution >= 0.6 is 11.7 Å². The SMILES string of the molecule is NC(=O)C(=O)C(Cc1c[nH]c2cocc12)NC(=O)c1nsnc1-c1ccccn1. The fourth-order valence-electron chi connectivity index (χ4n) is 2.90. The van der Waals surface area contributed by atoms with E-state index in [0.717, 1.165) is 22.6 Å². The highest BCUT2D eigenvalue weighted by Crippen LogP contribution is 2.22. The molecule has 10 nitrogen and oxygen atoms in total. The summed E-state index contributed by atoms with van der Waals surface area (Å²) in [5.74, 6) is -2.72. The summed E-state index contributed by atoms with van der Waals surface area (Å²) in [5, 5.41) is 3.29. The number of aromatic amines is 1. The average molecular weight is 410 g/mol. The third-order valence-electron chi connectivity index (χ3n) is 4.31. The van der Waals surface area contributed by atoms with E-state index < -0.39 is 23.6 Å². The Hall–Kier alpha value is -3.86. The average Bonchev–Trinajstić information content (AvgIpc) is 3.45. The molecule has 1 atom stereocenters. The summed E-state index contributed by atoms with van der Waals surface area (Å²) in [6.45, 7) is 0. The van der Waals surface area contributed by atoms with E-state index in [1.807, 2.05) is 0 Å². The van der Waals surface area contributed by atoms with Crippen LogP contribution in [0.15, 0.2) is 47.5 Å². The summed E-state index contributed by atoms with van der Waals surface area (Å²) < 4.78 is 13.3. The molecule has 4 heterocycles. The van der Waals surface area contributed by atoms with Crippen molar-refractivity contribution >= 4 is 40.2 Å². The maximum absolute atomic E-state index is 12.8. The molecule has 4 aromatic heterocycles. The minimum absolute atomic E-state index is 0.0125. The van der Waals surface area contributed by atoms with E-state index in [1.54, 1.807) is 30.6 Å². The van der Waals surface area contributed by atoms with E-state index in [2.05, 4.69) is 24.0 Å². The number of nitrogens with zero attached hydrogens (tertiary/aromatic N) is 3. The van der Waals surface area contributed by atoms with Gasteiger partial charge in [-0.05, 0) is 17.7 Å². The van der Waals surface area contributed by atoms with Gasteiger partial charge in [-0.3, -0.25) is 19.4 Å². The Morgan fingerprint density at radius 3 is 2.86 bits per heavy atom. The number of nitrogens with one attached hydrogen (secondary N) is 2. The number of carbonyl (C=O) groups excluding carboxylic acids is 3. The first-order valence-electron chi connectivity index (χ1n) is 8.45. The Bertz CT molecular complexity index is 1200. The first kappa shape index (κ1) is 18.5. The lowest BCUT2D eigenvalue weighted by molar-refractivity contribution is -0.137. The standard InChI is InChI=1S/C18H14N6O4S/c19-17(26)16(25)12(5-9-6-21-13-8-28-7-10(9)13)22-18(27)15-14(23-29-24-15)11-3-1-2-4-20-11/h1-4,6-8,12,21H,5H2,(H2,19,26)(H,22,27). The second-order valence-electron chi connectivity index (χ2n) is 6.15. The molecule has 0 radical (unpaired) electrons. The number of rotatable bonds is 7. The highest BCUT2D eigenvalue weighted by molar-refractivity contribution is 6.99. The van der Waals surface area contributed by atoms with Gasteiger partial charge in [0.1, 0.15) is 18.0 Å². The lowest BCUT2D eigenvalue weighted by Crippen LogP contribution is -2.47. The van der Waals surface area contributed by atoms with Crippen LogP contribution in [0.1, 0.15) is 16.1 Å². The molecule has 4 aromatic rings. The van der Waals surface area contributed by atoms with Crippen LogP contribution in [-0.4, -0.2) is 42.4 Å². The highest BCUT2D eigenvalue weighted by atomic mass is 32.1. The van der Waals surface area contributed by atoms with E-state index in [4.69, 9.17) is 10.2 Å². The molecule has 0 saturated carbocycles. The van der Waals surface area contributed by atoms with Crippen LogP contribution in [0.3, 0.4) is 0 Å². The van der Waals surface area contributed by atoms with Gasteiger partial charge in [0, 0.05) is 24.2 Å². The van der Waals surface area contributed by atoms with Gasteiger partial charge in [0.25, 0.3) is 11.8 Å². The predicted octanol–water partition coefficient (Wildman–Crippen LogP) is 1.07.